The second kappa shape index (κ2) is 9.12. The number of nitrogens with zero attached hydrogens (tertiary/aromatic N) is 3. The van der Waals surface area contributed by atoms with E-state index in [1.807, 2.05) is 68.5 Å². The SMILES string of the molecule is CCNC(=NCc1ccnc(N(C)C)c1)NCC1COc2ccccc2O1. The van der Waals surface area contributed by atoms with E-state index in [9.17, 15) is 0 Å². The fourth-order valence-electron chi connectivity index (χ4n) is 2.69. The van der Waals surface area contributed by atoms with Crippen molar-refractivity contribution >= 4 is 11.8 Å². The molecule has 7 heteroatoms. The third-order valence-corrected chi connectivity index (χ3v) is 4.10. The molecule has 2 heterocycles. The number of aliphatic imine (C=N–C) groups is 1. The number of anilines is 1. The van der Waals surface area contributed by atoms with Crippen LogP contribution in [-0.2, 0) is 6.54 Å². The predicted octanol–water partition coefficient (Wildman–Crippen LogP) is 2.04. The molecule has 1 aromatic heterocycles. The van der Waals surface area contributed by atoms with Gasteiger partial charge >= 0.3 is 0 Å². The zero-order valence-electron chi connectivity index (χ0n) is 16.1. The highest BCUT2D eigenvalue weighted by molar-refractivity contribution is 5.79. The number of guanidine groups is 1. The molecule has 2 N–H and O–H groups in total. The molecule has 0 saturated carbocycles. The van der Waals surface area contributed by atoms with Crippen molar-refractivity contribution in [2.24, 2.45) is 4.99 Å². The molecule has 1 aliphatic heterocycles. The predicted molar refractivity (Wildman–Crippen MR) is 108 cm³/mol. The third-order valence-electron chi connectivity index (χ3n) is 4.10. The Morgan fingerprint density at radius 2 is 2.04 bits per heavy atom. The summed E-state index contributed by atoms with van der Waals surface area (Å²) in [6, 6.07) is 11.8. The van der Waals surface area contributed by atoms with E-state index in [0.29, 0.717) is 19.7 Å². The van der Waals surface area contributed by atoms with Gasteiger partial charge in [-0.2, -0.15) is 0 Å². The molecule has 2 aromatic rings. The van der Waals surface area contributed by atoms with Gasteiger partial charge in [0, 0.05) is 26.8 Å². The lowest BCUT2D eigenvalue weighted by molar-refractivity contribution is 0.0936. The summed E-state index contributed by atoms with van der Waals surface area (Å²) in [4.78, 5) is 11.0. The number of benzene rings is 1. The quantitative estimate of drug-likeness (QED) is 0.600. The van der Waals surface area contributed by atoms with Crippen LogP contribution in [0.25, 0.3) is 0 Å². The van der Waals surface area contributed by atoms with Crippen LogP contribution in [0.2, 0.25) is 0 Å². The molecule has 1 unspecified atom stereocenters. The monoisotopic (exact) mass is 369 g/mol. The van der Waals surface area contributed by atoms with Crippen LogP contribution in [0.4, 0.5) is 5.82 Å². The molecule has 1 aliphatic rings. The van der Waals surface area contributed by atoms with Gasteiger partial charge in [-0.05, 0) is 36.8 Å². The summed E-state index contributed by atoms with van der Waals surface area (Å²) in [7, 11) is 3.96. The van der Waals surface area contributed by atoms with Crippen LogP contribution in [-0.4, -0.2) is 50.8 Å². The first kappa shape index (κ1) is 18.8. The zero-order chi connectivity index (χ0) is 19.1. The standard InChI is InChI=1S/C20H27N5O2/c1-4-21-20(23-12-15-9-10-22-19(11-15)25(2)3)24-13-16-14-26-17-7-5-6-8-18(17)27-16/h5-11,16H,4,12-14H2,1-3H3,(H2,21,23,24). The van der Waals surface area contributed by atoms with E-state index in [-0.39, 0.29) is 6.10 Å². The van der Waals surface area contributed by atoms with E-state index in [0.717, 1.165) is 35.4 Å². The van der Waals surface area contributed by atoms with Gasteiger partial charge in [0.05, 0.1) is 13.1 Å². The first-order valence-electron chi connectivity index (χ1n) is 9.18. The van der Waals surface area contributed by atoms with E-state index in [4.69, 9.17) is 9.47 Å². The van der Waals surface area contributed by atoms with Gasteiger partial charge in [-0.1, -0.05) is 12.1 Å². The van der Waals surface area contributed by atoms with Crippen molar-refractivity contribution in [2.75, 3.05) is 38.7 Å². The Hall–Kier alpha value is -2.96. The average molecular weight is 369 g/mol. The van der Waals surface area contributed by atoms with Crippen LogP contribution >= 0.6 is 0 Å². The Morgan fingerprint density at radius 1 is 1.22 bits per heavy atom. The average Bonchev–Trinajstić information content (AvgIpc) is 2.70. The number of aromatic nitrogens is 1. The molecule has 0 spiro atoms. The number of nitrogens with one attached hydrogen (secondary N) is 2. The van der Waals surface area contributed by atoms with E-state index in [1.54, 1.807) is 0 Å². The van der Waals surface area contributed by atoms with Crippen LogP contribution < -0.4 is 25.0 Å². The van der Waals surface area contributed by atoms with E-state index in [1.165, 1.54) is 0 Å². The minimum Gasteiger partial charge on any atom is -0.486 e. The van der Waals surface area contributed by atoms with Crippen LogP contribution in [0.3, 0.4) is 0 Å². The minimum atomic E-state index is -0.0648. The highest BCUT2D eigenvalue weighted by Crippen LogP contribution is 2.30. The molecule has 0 amide bonds. The molecule has 0 radical (unpaired) electrons. The molecule has 27 heavy (non-hydrogen) atoms. The molecular formula is C20H27N5O2. The molecule has 0 saturated heterocycles. The van der Waals surface area contributed by atoms with Crippen LogP contribution in [0.5, 0.6) is 11.5 Å². The summed E-state index contributed by atoms with van der Waals surface area (Å²) in [5.41, 5.74) is 1.11. The number of pyridine rings is 1. The normalized spacial score (nSPS) is 16.0. The van der Waals surface area contributed by atoms with Crippen molar-refractivity contribution in [3.8, 4) is 11.5 Å². The smallest absolute Gasteiger partial charge is 0.191 e. The Labute approximate surface area is 160 Å². The fourth-order valence-corrected chi connectivity index (χ4v) is 2.69. The maximum absolute atomic E-state index is 5.98. The van der Waals surface area contributed by atoms with Crippen molar-refractivity contribution in [2.45, 2.75) is 19.6 Å². The molecule has 7 nitrogen and oxygen atoms in total. The largest absolute Gasteiger partial charge is 0.486 e. The molecule has 1 aromatic carbocycles. The van der Waals surface area contributed by atoms with Crippen LogP contribution in [0.15, 0.2) is 47.6 Å². The zero-order valence-corrected chi connectivity index (χ0v) is 16.1. The van der Waals surface area contributed by atoms with Crippen molar-refractivity contribution < 1.29 is 9.47 Å². The van der Waals surface area contributed by atoms with E-state index >= 15 is 0 Å². The number of rotatable bonds is 6. The lowest BCUT2D eigenvalue weighted by Gasteiger charge is -2.27. The van der Waals surface area contributed by atoms with Crippen molar-refractivity contribution in [1.82, 2.24) is 15.6 Å². The summed E-state index contributed by atoms with van der Waals surface area (Å²) >= 11 is 0. The molecule has 0 bridgehead atoms. The van der Waals surface area contributed by atoms with Gasteiger partial charge in [0.2, 0.25) is 0 Å². The van der Waals surface area contributed by atoms with Crippen LogP contribution in [0, 0.1) is 0 Å². The molecular weight excluding hydrogens is 342 g/mol. The van der Waals surface area contributed by atoms with E-state index in [2.05, 4.69) is 20.6 Å². The number of hydrogen-bond acceptors (Lipinski definition) is 5. The molecule has 0 fully saturated rings. The van der Waals surface area contributed by atoms with Gasteiger partial charge in [-0.3, -0.25) is 0 Å². The number of ether oxygens (including phenoxy) is 2. The second-order valence-corrected chi connectivity index (χ2v) is 6.49. The van der Waals surface area contributed by atoms with Gasteiger partial charge in [0.1, 0.15) is 18.5 Å². The molecule has 3 rings (SSSR count). The Morgan fingerprint density at radius 3 is 2.81 bits per heavy atom. The van der Waals surface area contributed by atoms with Gasteiger partial charge in [-0.25, -0.2) is 9.98 Å². The third kappa shape index (κ3) is 5.26. The van der Waals surface area contributed by atoms with Gasteiger partial charge in [0.15, 0.2) is 17.5 Å². The second-order valence-electron chi connectivity index (χ2n) is 6.49. The lowest BCUT2D eigenvalue weighted by atomic mass is 10.2. The summed E-state index contributed by atoms with van der Waals surface area (Å²) in [5, 5.41) is 6.60. The summed E-state index contributed by atoms with van der Waals surface area (Å²) in [5.74, 6) is 3.25. The fraction of sp³-hybridized carbons (Fsp3) is 0.400. The number of hydrogen-bond donors (Lipinski definition) is 2. The Balaban J connectivity index is 1.57. The van der Waals surface area contributed by atoms with Crippen molar-refractivity contribution in [1.29, 1.82) is 0 Å². The summed E-state index contributed by atoms with van der Waals surface area (Å²) in [6.07, 6.45) is 1.75. The molecule has 0 aliphatic carbocycles. The van der Waals surface area contributed by atoms with Gasteiger partial charge in [0.25, 0.3) is 0 Å². The summed E-state index contributed by atoms with van der Waals surface area (Å²) < 4.78 is 11.7. The van der Waals surface area contributed by atoms with E-state index < -0.39 is 0 Å². The highest BCUT2D eigenvalue weighted by atomic mass is 16.6. The highest BCUT2D eigenvalue weighted by Gasteiger charge is 2.20. The maximum Gasteiger partial charge on any atom is 0.191 e. The van der Waals surface area contributed by atoms with Gasteiger partial charge < -0.3 is 25.0 Å². The molecule has 1 atom stereocenters. The van der Waals surface area contributed by atoms with Crippen molar-refractivity contribution in [3.05, 3.63) is 48.2 Å². The number of fused-ring (bicyclic) bond motifs is 1. The lowest BCUT2D eigenvalue weighted by Crippen LogP contribution is -2.45. The number of para-hydroxylation sites is 2. The topological polar surface area (TPSA) is 71.0 Å². The van der Waals surface area contributed by atoms with Gasteiger partial charge in [-0.15, -0.1) is 0 Å². The van der Waals surface area contributed by atoms with Crippen molar-refractivity contribution in [3.63, 3.8) is 0 Å². The summed E-state index contributed by atoms with van der Waals surface area (Å²) in [6.45, 7) is 4.53. The minimum absolute atomic E-state index is 0.0648. The van der Waals surface area contributed by atoms with Crippen LogP contribution in [0.1, 0.15) is 12.5 Å². The molecule has 144 valence electrons. The first-order valence-corrected chi connectivity index (χ1v) is 9.18. The Bertz CT molecular complexity index is 778. The first-order chi connectivity index (χ1) is 13.2. The maximum atomic E-state index is 5.98. The Kier molecular flexibility index (Phi) is 6.35.